The molecule has 0 aliphatic carbocycles. The minimum absolute atomic E-state index is 0.277. The first-order chi connectivity index (χ1) is 13.3. The fourth-order valence-corrected chi connectivity index (χ4v) is 2.60. The molecular weight excluding hydrogens is 380 g/mol. The zero-order valence-corrected chi connectivity index (χ0v) is 14.0. The molecule has 0 unspecified atom stereocenters. The van der Waals surface area contributed by atoms with Gasteiger partial charge in [0.2, 0.25) is 0 Å². The fourth-order valence-electron chi connectivity index (χ4n) is 2.60. The fraction of sp³-hybridized carbons (Fsp3) is 0.357. The molecule has 7 N–H and O–H groups in total. The van der Waals surface area contributed by atoms with Crippen LogP contribution in [-0.2, 0) is 4.74 Å². The van der Waals surface area contributed by atoms with Gasteiger partial charge < -0.3 is 25.0 Å². The second-order valence-corrected chi connectivity index (χ2v) is 5.78. The molecule has 1 aliphatic rings. The van der Waals surface area contributed by atoms with Crippen molar-refractivity contribution in [3.05, 3.63) is 60.3 Å². The SMILES string of the molecule is O=c1[nH]c(=O)c2[nH]cnc2[nH]1.O=c1ccn([C@@H]2O[C@H](CO)[C@@H](O)[C@H]2O)c(=O)[nH]1. The molecule has 0 aromatic carbocycles. The third-order valence-electron chi connectivity index (χ3n) is 3.97. The van der Waals surface area contributed by atoms with E-state index in [9.17, 15) is 29.4 Å². The highest BCUT2D eigenvalue weighted by Crippen LogP contribution is 2.27. The van der Waals surface area contributed by atoms with Crippen LogP contribution in [0, 0.1) is 0 Å². The average Bonchev–Trinajstić information content (AvgIpc) is 3.22. The molecular formula is C14H16N6O8. The van der Waals surface area contributed by atoms with Crippen molar-refractivity contribution >= 4 is 11.2 Å². The van der Waals surface area contributed by atoms with Crippen LogP contribution in [0.25, 0.3) is 11.2 Å². The van der Waals surface area contributed by atoms with Crippen molar-refractivity contribution in [2.45, 2.75) is 24.5 Å². The van der Waals surface area contributed by atoms with Gasteiger partial charge in [-0.2, -0.15) is 0 Å². The molecule has 14 heteroatoms. The minimum atomic E-state index is -1.35. The van der Waals surface area contributed by atoms with Crippen LogP contribution in [-0.4, -0.2) is 69.7 Å². The summed E-state index contributed by atoms with van der Waals surface area (Å²) in [5.41, 5.74) is -1.77. The van der Waals surface area contributed by atoms with Gasteiger partial charge in [-0.15, -0.1) is 0 Å². The lowest BCUT2D eigenvalue weighted by atomic mass is 10.1. The summed E-state index contributed by atoms with van der Waals surface area (Å²) >= 11 is 0. The zero-order chi connectivity index (χ0) is 20.4. The Bertz CT molecular complexity index is 1190. The Morgan fingerprint density at radius 1 is 1.11 bits per heavy atom. The maximum atomic E-state index is 11.4. The predicted octanol–water partition coefficient (Wildman–Crippen LogP) is -3.91. The molecule has 0 saturated carbocycles. The van der Waals surface area contributed by atoms with Gasteiger partial charge in [0, 0.05) is 12.3 Å². The number of aromatic amines is 4. The molecule has 1 saturated heterocycles. The van der Waals surface area contributed by atoms with E-state index in [0.29, 0.717) is 0 Å². The van der Waals surface area contributed by atoms with Crippen molar-refractivity contribution in [1.29, 1.82) is 0 Å². The summed E-state index contributed by atoms with van der Waals surface area (Å²) in [5.74, 6) is 0. The van der Waals surface area contributed by atoms with Crippen molar-refractivity contribution in [1.82, 2.24) is 29.5 Å². The first-order valence-corrected chi connectivity index (χ1v) is 7.91. The number of aliphatic hydroxyl groups excluding tert-OH is 3. The zero-order valence-electron chi connectivity index (χ0n) is 14.0. The van der Waals surface area contributed by atoms with Crippen LogP contribution in [0.1, 0.15) is 6.23 Å². The maximum Gasteiger partial charge on any atom is 0.330 e. The number of fused-ring (bicyclic) bond motifs is 1. The Kier molecular flexibility index (Phi) is 5.36. The second-order valence-electron chi connectivity index (χ2n) is 5.78. The second kappa shape index (κ2) is 7.73. The van der Waals surface area contributed by atoms with Crippen molar-refractivity contribution < 1.29 is 20.1 Å². The number of nitrogens with zero attached hydrogens (tertiary/aromatic N) is 2. The number of hydrogen-bond acceptors (Lipinski definition) is 9. The summed E-state index contributed by atoms with van der Waals surface area (Å²) in [6, 6.07) is 1.09. The summed E-state index contributed by atoms with van der Waals surface area (Å²) < 4.78 is 6.08. The van der Waals surface area contributed by atoms with Gasteiger partial charge in [-0.3, -0.25) is 29.1 Å². The molecule has 14 nitrogen and oxygen atoms in total. The third kappa shape index (κ3) is 3.70. The summed E-state index contributed by atoms with van der Waals surface area (Å²) in [5, 5.41) is 28.1. The first kappa shape index (κ1) is 19.4. The number of H-pyrrole nitrogens is 4. The van der Waals surface area contributed by atoms with Gasteiger partial charge in [-0.1, -0.05) is 0 Å². The number of nitrogens with one attached hydrogen (secondary N) is 4. The standard InChI is InChI=1S/C9H12N2O6.C5H4N4O2/c12-3-4-6(14)7(15)8(17-4)11-2-1-5(13)10-9(11)16;10-4-2-3(7-1-6-2)8-5(11)9-4/h1-2,4,6-8,12,14-15H,3H2,(H,10,13,16);1H,(H3,6,7,8,9,10,11)/t4-,6-,7-,8-;/m1./s1. The van der Waals surface area contributed by atoms with E-state index >= 15 is 0 Å². The topological polar surface area (TPSA) is 219 Å². The molecule has 150 valence electrons. The Morgan fingerprint density at radius 3 is 2.50 bits per heavy atom. The number of imidazole rings is 1. The van der Waals surface area contributed by atoms with E-state index in [1.54, 1.807) is 0 Å². The number of hydrogen-bond donors (Lipinski definition) is 7. The van der Waals surface area contributed by atoms with Crippen LogP contribution in [0.2, 0.25) is 0 Å². The Labute approximate surface area is 153 Å². The summed E-state index contributed by atoms with van der Waals surface area (Å²) in [7, 11) is 0. The summed E-state index contributed by atoms with van der Waals surface area (Å²) in [6.07, 6.45) is -2.24. The molecule has 4 atom stereocenters. The van der Waals surface area contributed by atoms with Gasteiger partial charge in [-0.25, -0.2) is 14.6 Å². The van der Waals surface area contributed by atoms with Crippen LogP contribution in [0.4, 0.5) is 0 Å². The minimum Gasteiger partial charge on any atom is -0.394 e. The lowest BCUT2D eigenvalue weighted by Gasteiger charge is -2.16. The van der Waals surface area contributed by atoms with Gasteiger partial charge in [0.1, 0.15) is 23.8 Å². The lowest BCUT2D eigenvalue weighted by molar-refractivity contribution is -0.0550. The van der Waals surface area contributed by atoms with Crippen LogP contribution >= 0.6 is 0 Å². The van der Waals surface area contributed by atoms with Crippen molar-refractivity contribution in [3.8, 4) is 0 Å². The van der Waals surface area contributed by atoms with Crippen LogP contribution < -0.4 is 22.5 Å². The van der Waals surface area contributed by atoms with E-state index in [-0.39, 0.29) is 11.2 Å². The molecule has 0 amide bonds. The molecule has 28 heavy (non-hydrogen) atoms. The van der Waals surface area contributed by atoms with Crippen LogP contribution in [0.3, 0.4) is 0 Å². The number of rotatable bonds is 2. The monoisotopic (exact) mass is 396 g/mol. The largest absolute Gasteiger partial charge is 0.394 e. The Balaban J connectivity index is 0.000000176. The predicted molar refractivity (Wildman–Crippen MR) is 91.7 cm³/mol. The smallest absolute Gasteiger partial charge is 0.330 e. The summed E-state index contributed by atoms with van der Waals surface area (Å²) in [4.78, 5) is 56.6. The Hall–Kier alpha value is -3.33. The lowest BCUT2D eigenvalue weighted by Crippen LogP contribution is -2.37. The van der Waals surface area contributed by atoms with E-state index in [1.807, 2.05) is 4.98 Å². The van der Waals surface area contributed by atoms with Gasteiger partial charge in [0.25, 0.3) is 11.1 Å². The summed E-state index contributed by atoms with van der Waals surface area (Å²) in [6.45, 7) is -0.479. The highest BCUT2D eigenvalue weighted by Gasteiger charge is 2.43. The molecule has 1 fully saturated rings. The molecule has 0 spiro atoms. The number of aliphatic hydroxyl groups is 3. The van der Waals surface area contributed by atoms with Gasteiger partial charge in [-0.05, 0) is 0 Å². The molecule has 0 bridgehead atoms. The third-order valence-corrected chi connectivity index (χ3v) is 3.97. The Morgan fingerprint density at radius 2 is 1.86 bits per heavy atom. The quantitative estimate of drug-likeness (QED) is 0.225. The van der Waals surface area contributed by atoms with Gasteiger partial charge in [0.15, 0.2) is 11.9 Å². The maximum absolute atomic E-state index is 11.4. The molecule has 1 aliphatic heterocycles. The van der Waals surface area contributed by atoms with Crippen molar-refractivity contribution in [2.75, 3.05) is 6.61 Å². The number of aromatic nitrogens is 6. The van der Waals surface area contributed by atoms with E-state index in [2.05, 4.69) is 19.9 Å². The molecule has 3 aromatic heterocycles. The van der Waals surface area contributed by atoms with Crippen molar-refractivity contribution in [2.24, 2.45) is 0 Å². The molecule has 3 aromatic rings. The van der Waals surface area contributed by atoms with Crippen LogP contribution in [0.15, 0.2) is 37.8 Å². The molecule has 0 radical (unpaired) electrons. The normalized spacial score (nSPS) is 24.1. The van der Waals surface area contributed by atoms with Gasteiger partial charge >= 0.3 is 11.4 Å². The highest BCUT2D eigenvalue weighted by atomic mass is 16.6. The first-order valence-electron chi connectivity index (χ1n) is 7.91. The van der Waals surface area contributed by atoms with E-state index in [0.717, 1.165) is 16.8 Å². The van der Waals surface area contributed by atoms with Crippen molar-refractivity contribution in [3.63, 3.8) is 0 Å². The van der Waals surface area contributed by atoms with Crippen LogP contribution in [0.5, 0.6) is 0 Å². The highest BCUT2D eigenvalue weighted by molar-refractivity contribution is 5.67. The van der Waals surface area contributed by atoms with Gasteiger partial charge in [0.05, 0.1) is 12.9 Å². The van der Waals surface area contributed by atoms with E-state index in [4.69, 9.17) is 9.84 Å². The molecule has 4 rings (SSSR count). The van der Waals surface area contributed by atoms with E-state index < -0.39 is 53.6 Å². The number of ether oxygens (including phenoxy) is 1. The molecule has 4 heterocycles. The van der Waals surface area contributed by atoms with E-state index in [1.165, 1.54) is 6.33 Å². The average molecular weight is 396 g/mol.